The summed E-state index contributed by atoms with van der Waals surface area (Å²) >= 11 is 0. The fraction of sp³-hybridized carbons (Fsp3) is 0.235. The van der Waals surface area contributed by atoms with Gasteiger partial charge in [-0.1, -0.05) is 6.07 Å². The zero-order chi connectivity index (χ0) is 15.7. The van der Waals surface area contributed by atoms with Gasteiger partial charge in [-0.2, -0.15) is 0 Å². The lowest BCUT2D eigenvalue weighted by Gasteiger charge is -2.09. The molecule has 0 aliphatic heterocycles. The molecule has 5 nitrogen and oxygen atoms in total. The van der Waals surface area contributed by atoms with Crippen molar-refractivity contribution in [1.82, 2.24) is 9.38 Å². The number of imidazole rings is 1. The van der Waals surface area contributed by atoms with Gasteiger partial charge in [0.1, 0.15) is 22.9 Å². The molecule has 0 saturated carbocycles. The van der Waals surface area contributed by atoms with E-state index in [1.165, 1.54) is 0 Å². The standard InChI is InChI=1S/C17H19N3O2/c1-11(2)22-14-6-4-13(5-7-14)16-17(18)20-9-12(10-21)3-8-15(20)19-16/h3-9,11,21H,10,18H2,1-2H3. The minimum absolute atomic E-state index is 0.0237. The summed E-state index contributed by atoms with van der Waals surface area (Å²) in [7, 11) is 0. The van der Waals surface area contributed by atoms with Crippen molar-refractivity contribution in [2.75, 3.05) is 5.73 Å². The first-order chi connectivity index (χ1) is 10.6. The van der Waals surface area contributed by atoms with Crippen molar-refractivity contribution in [3.8, 4) is 17.0 Å². The molecule has 0 radical (unpaired) electrons. The molecule has 1 aromatic carbocycles. The summed E-state index contributed by atoms with van der Waals surface area (Å²) in [6.45, 7) is 3.96. The normalized spacial score (nSPS) is 11.3. The van der Waals surface area contributed by atoms with Gasteiger partial charge in [0, 0.05) is 11.8 Å². The van der Waals surface area contributed by atoms with Crippen LogP contribution in [0.25, 0.3) is 16.9 Å². The van der Waals surface area contributed by atoms with Crippen LogP contribution in [0.3, 0.4) is 0 Å². The first-order valence-electron chi connectivity index (χ1n) is 7.23. The lowest BCUT2D eigenvalue weighted by atomic mass is 10.1. The second-order valence-electron chi connectivity index (χ2n) is 5.46. The van der Waals surface area contributed by atoms with Gasteiger partial charge in [0.15, 0.2) is 0 Å². The maximum absolute atomic E-state index is 9.23. The monoisotopic (exact) mass is 297 g/mol. The number of aliphatic hydroxyl groups excluding tert-OH is 1. The van der Waals surface area contributed by atoms with Crippen LogP contribution in [0.4, 0.5) is 5.82 Å². The molecule has 0 atom stereocenters. The number of nitrogens with zero attached hydrogens (tertiary/aromatic N) is 2. The largest absolute Gasteiger partial charge is 0.491 e. The van der Waals surface area contributed by atoms with Gasteiger partial charge in [-0.3, -0.25) is 4.40 Å². The molecule has 0 spiro atoms. The van der Waals surface area contributed by atoms with E-state index in [-0.39, 0.29) is 12.7 Å². The lowest BCUT2D eigenvalue weighted by Crippen LogP contribution is -2.05. The van der Waals surface area contributed by atoms with Crippen molar-refractivity contribution in [2.45, 2.75) is 26.6 Å². The SMILES string of the molecule is CC(C)Oc1ccc(-c2nc3ccc(CO)cn3c2N)cc1. The summed E-state index contributed by atoms with van der Waals surface area (Å²) in [6, 6.07) is 11.4. The number of benzene rings is 1. The molecular formula is C17H19N3O2. The van der Waals surface area contributed by atoms with Crippen molar-refractivity contribution in [1.29, 1.82) is 0 Å². The first kappa shape index (κ1) is 14.4. The molecule has 3 rings (SSSR count). The van der Waals surface area contributed by atoms with E-state index in [9.17, 15) is 5.11 Å². The number of rotatable bonds is 4. The third-order valence-electron chi connectivity index (χ3n) is 3.40. The van der Waals surface area contributed by atoms with Crippen LogP contribution >= 0.6 is 0 Å². The summed E-state index contributed by atoms with van der Waals surface area (Å²) < 4.78 is 7.43. The van der Waals surface area contributed by atoms with Gasteiger partial charge in [0.25, 0.3) is 0 Å². The molecule has 5 heteroatoms. The maximum Gasteiger partial charge on any atom is 0.139 e. The number of pyridine rings is 1. The van der Waals surface area contributed by atoms with Crippen molar-refractivity contribution in [3.05, 3.63) is 48.2 Å². The Labute approximate surface area is 129 Å². The Bertz CT molecular complexity index is 792. The Balaban J connectivity index is 2.00. The number of ether oxygens (including phenoxy) is 1. The highest BCUT2D eigenvalue weighted by Gasteiger charge is 2.12. The molecule has 0 bridgehead atoms. The van der Waals surface area contributed by atoms with Crippen molar-refractivity contribution >= 4 is 11.5 Å². The first-order valence-corrected chi connectivity index (χ1v) is 7.23. The van der Waals surface area contributed by atoms with E-state index in [0.29, 0.717) is 5.82 Å². The highest BCUT2D eigenvalue weighted by molar-refractivity contribution is 5.75. The average Bonchev–Trinajstić information content (AvgIpc) is 2.84. The second-order valence-corrected chi connectivity index (χ2v) is 5.46. The van der Waals surface area contributed by atoms with E-state index in [1.807, 2.05) is 50.2 Å². The van der Waals surface area contributed by atoms with Gasteiger partial charge in [0.05, 0.1) is 12.7 Å². The van der Waals surface area contributed by atoms with Gasteiger partial charge in [-0.15, -0.1) is 0 Å². The molecule has 3 N–H and O–H groups in total. The molecular weight excluding hydrogens is 278 g/mol. The summed E-state index contributed by atoms with van der Waals surface area (Å²) in [5.74, 6) is 1.38. The van der Waals surface area contributed by atoms with Gasteiger partial charge < -0.3 is 15.6 Å². The summed E-state index contributed by atoms with van der Waals surface area (Å²) in [6.07, 6.45) is 1.94. The molecule has 0 aliphatic rings. The van der Waals surface area contributed by atoms with Crippen LogP contribution in [0.5, 0.6) is 5.75 Å². The topological polar surface area (TPSA) is 72.8 Å². The van der Waals surface area contributed by atoms with E-state index in [4.69, 9.17) is 10.5 Å². The van der Waals surface area contributed by atoms with Gasteiger partial charge in [-0.05, 0) is 49.7 Å². The number of nitrogen functional groups attached to an aromatic ring is 1. The van der Waals surface area contributed by atoms with E-state index in [2.05, 4.69) is 4.98 Å². The van der Waals surface area contributed by atoms with E-state index < -0.39 is 0 Å². The molecule has 0 aliphatic carbocycles. The van der Waals surface area contributed by atoms with E-state index in [1.54, 1.807) is 10.6 Å². The number of hydrogen-bond acceptors (Lipinski definition) is 4. The summed E-state index contributed by atoms with van der Waals surface area (Å²) in [4.78, 5) is 4.56. The van der Waals surface area contributed by atoms with Crippen LogP contribution in [0, 0.1) is 0 Å². The van der Waals surface area contributed by atoms with Crippen LogP contribution in [0.2, 0.25) is 0 Å². The van der Waals surface area contributed by atoms with Crippen molar-refractivity contribution in [2.24, 2.45) is 0 Å². The smallest absolute Gasteiger partial charge is 0.139 e. The molecule has 0 amide bonds. The number of fused-ring (bicyclic) bond motifs is 1. The fourth-order valence-corrected chi connectivity index (χ4v) is 2.38. The summed E-state index contributed by atoms with van der Waals surface area (Å²) in [5.41, 5.74) is 9.41. The predicted octanol–water partition coefficient (Wildman–Crippen LogP) is 2.86. The van der Waals surface area contributed by atoms with Gasteiger partial charge >= 0.3 is 0 Å². The summed E-state index contributed by atoms with van der Waals surface area (Å²) in [5, 5.41) is 9.23. The fourth-order valence-electron chi connectivity index (χ4n) is 2.38. The number of hydrogen-bond donors (Lipinski definition) is 2. The van der Waals surface area contributed by atoms with Crippen molar-refractivity contribution < 1.29 is 9.84 Å². The van der Waals surface area contributed by atoms with Crippen LogP contribution in [-0.4, -0.2) is 20.6 Å². The van der Waals surface area contributed by atoms with Gasteiger partial charge in [-0.25, -0.2) is 4.98 Å². The average molecular weight is 297 g/mol. The van der Waals surface area contributed by atoms with E-state index >= 15 is 0 Å². The highest BCUT2D eigenvalue weighted by atomic mass is 16.5. The second kappa shape index (κ2) is 5.69. The third kappa shape index (κ3) is 2.63. The number of aromatic nitrogens is 2. The molecule has 3 aromatic rings. The number of nitrogens with two attached hydrogens (primary N) is 1. The van der Waals surface area contributed by atoms with Crippen LogP contribution in [-0.2, 0) is 6.61 Å². The molecule has 22 heavy (non-hydrogen) atoms. The lowest BCUT2D eigenvalue weighted by molar-refractivity contribution is 0.242. The molecule has 0 unspecified atom stereocenters. The molecule has 2 aromatic heterocycles. The molecule has 0 fully saturated rings. The van der Waals surface area contributed by atoms with Crippen molar-refractivity contribution in [3.63, 3.8) is 0 Å². The Morgan fingerprint density at radius 2 is 1.91 bits per heavy atom. The Morgan fingerprint density at radius 3 is 2.55 bits per heavy atom. The van der Waals surface area contributed by atoms with Crippen LogP contribution in [0.15, 0.2) is 42.6 Å². The van der Waals surface area contributed by atoms with Crippen LogP contribution in [0.1, 0.15) is 19.4 Å². The number of aliphatic hydroxyl groups is 1. The predicted molar refractivity (Wildman–Crippen MR) is 86.7 cm³/mol. The minimum Gasteiger partial charge on any atom is -0.491 e. The van der Waals surface area contributed by atoms with Gasteiger partial charge in [0.2, 0.25) is 0 Å². The zero-order valence-electron chi connectivity index (χ0n) is 12.7. The quantitative estimate of drug-likeness (QED) is 0.776. The molecule has 0 saturated heterocycles. The third-order valence-corrected chi connectivity index (χ3v) is 3.40. The molecule has 114 valence electrons. The Kier molecular flexibility index (Phi) is 3.73. The Hall–Kier alpha value is -2.53. The highest BCUT2D eigenvalue weighted by Crippen LogP contribution is 2.28. The zero-order valence-corrected chi connectivity index (χ0v) is 12.7. The minimum atomic E-state index is -0.0237. The Morgan fingerprint density at radius 1 is 1.18 bits per heavy atom. The van der Waals surface area contributed by atoms with E-state index in [0.717, 1.165) is 28.2 Å². The molecule has 2 heterocycles. The maximum atomic E-state index is 9.23. The number of anilines is 1. The van der Waals surface area contributed by atoms with Crippen LogP contribution < -0.4 is 10.5 Å².